The van der Waals surface area contributed by atoms with Crippen molar-refractivity contribution in [2.75, 3.05) is 26.9 Å². The highest BCUT2D eigenvalue weighted by molar-refractivity contribution is 5.85. The smallest absolute Gasteiger partial charge is 0.118 e. The number of unbranched alkanes of at least 4 members (excludes halogenated alkanes) is 1. The molecule has 0 spiro atoms. The van der Waals surface area contributed by atoms with Crippen molar-refractivity contribution in [3.8, 4) is 5.75 Å². The van der Waals surface area contributed by atoms with E-state index in [4.69, 9.17) is 4.74 Å². The van der Waals surface area contributed by atoms with Gasteiger partial charge in [0.1, 0.15) is 5.75 Å². The summed E-state index contributed by atoms with van der Waals surface area (Å²) < 4.78 is 5.39. The van der Waals surface area contributed by atoms with E-state index in [0.29, 0.717) is 6.04 Å². The molecule has 5 rings (SSSR count). The first kappa shape index (κ1) is 17.8. The van der Waals surface area contributed by atoms with Crippen LogP contribution in [0.2, 0.25) is 0 Å². The maximum absolute atomic E-state index is 5.39. The number of ether oxygens (including phenoxy) is 1. The van der Waals surface area contributed by atoms with Gasteiger partial charge in [-0.2, -0.15) is 0 Å². The molecule has 1 fully saturated rings. The van der Waals surface area contributed by atoms with E-state index in [1.54, 1.807) is 7.11 Å². The third kappa shape index (κ3) is 2.92. The van der Waals surface area contributed by atoms with Crippen LogP contribution in [-0.2, 0) is 6.42 Å². The lowest BCUT2D eigenvalue weighted by Gasteiger charge is -2.37. The molecule has 0 amide bonds. The summed E-state index contributed by atoms with van der Waals surface area (Å²) in [7, 11) is 1.73. The van der Waals surface area contributed by atoms with Crippen LogP contribution in [0.3, 0.4) is 0 Å². The van der Waals surface area contributed by atoms with Gasteiger partial charge < -0.3 is 9.72 Å². The monoisotopic (exact) mass is 375 g/mol. The molecule has 2 unspecified atom stereocenters. The maximum Gasteiger partial charge on any atom is 0.118 e. The van der Waals surface area contributed by atoms with Crippen LogP contribution in [0.5, 0.6) is 5.75 Å². The van der Waals surface area contributed by atoms with Crippen molar-refractivity contribution in [1.29, 1.82) is 0 Å². The number of nitrogens with zero attached hydrogens (tertiary/aromatic N) is 2. The standard InChI is InChI=1S/C24H29N3O/c1-3-4-13-26-15-18-14-21-20-7-5-6-8-22(20)25-23(21)24(27(18)16-26)17-9-11-19(28-2)12-10-17/h5-12,18,24-25H,3-4,13-16H2,1-2H3. The third-order valence-corrected chi connectivity index (χ3v) is 6.45. The zero-order valence-corrected chi connectivity index (χ0v) is 16.8. The summed E-state index contributed by atoms with van der Waals surface area (Å²) in [6, 6.07) is 18.3. The first-order valence-electron chi connectivity index (χ1n) is 10.5. The SMILES string of the molecule is CCCCN1CC2Cc3c([nH]c4ccccc34)C(c3ccc(OC)cc3)N2C1. The van der Waals surface area contributed by atoms with E-state index in [1.165, 1.54) is 53.7 Å². The van der Waals surface area contributed by atoms with Gasteiger partial charge in [-0.3, -0.25) is 9.80 Å². The number of aromatic nitrogens is 1. The predicted octanol–water partition coefficient (Wildman–Crippen LogP) is 4.57. The van der Waals surface area contributed by atoms with Crippen molar-refractivity contribution < 1.29 is 4.74 Å². The molecule has 0 bridgehead atoms. The molecule has 1 N–H and O–H groups in total. The number of fused-ring (bicyclic) bond motifs is 4. The Bertz CT molecular complexity index is 962. The Morgan fingerprint density at radius 2 is 1.93 bits per heavy atom. The minimum Gasteiger partial charge on any atom is -0.497 e. The normalized spacial score (nSPS) is 22.4. The fourth-order valence-corrected chi connectivity index (χ4v) is 5.05. The summed E-state index contributed by atoms with van der Waals surface area (Å²) in [5.74, 6) is 0.916. The first-order chi connectivity index (χ1) is 13.8. The van der Waals surface area contributed by atoms with E-state index >= 15 is 0 Å². The summed E-state index contributed by atoms with van der Waals surface area (Å²) in [4.78, 5) is 9.11. The number of nitrogens with one attached hydrogen (secondary N) is 1. The number of hydrogen-bond acceptors (Lipinski definition) is 3. The van der Waals surface area contributed by atoms with Gasteiger partial charge in [-0.15, -0.1) is 0 Å². The Labute approximate surface area is 167 Å². The highest BCUT2D eigenvalue weighted by atomic mass is 16.5. The molecule has 1 saturated heterocycles. The molecule has 2 aliphatic heterocycles. The Kier molecular flexibility index (Phi) is 4.61. The minimum atomic E-state index is 0.277. The van der Waals surface area contributed by atoms with Gasteiger partial charge in [0, 0.05) is 29.2 Å². The van der Waals surface area contributed by atoms with Gasteiger partial charge in [0.05, 0.1) is 19.8 Å². The molecule has 3 aromatic rings. The molecule has 28 heavy (non-hydrogen) atoms. The van der Waals surface area contributed by atoms with E-state index < -0.39 is 0 Å². The van der Waals surface area contributed by atoms with Gasteiger partial charge in [0.2, 0.25) is 0 Å². The number of para-hydroxylation sites is 1. The van der Waals surface area contributed by atoms with Gasteiger partial charge in [0.15, 0.2) is 0 Å². The van der Waals surface area contributed by atoms with Crippen molar-refractivity contribution >= 4 is 10.9 Å². The number of H-pyrrole nitrogens is 1. The summed E-state index contributed by atoms with van der Waals surface area (Å²) in [5.41, 5.74) is 5.49. The van der Waals surface area contributed by atoms with Gasteiger partial charge >= 0.3 is 0 Å². The lowest BCUT2D eigenvalue weighted by Crippen LogP contribution is -2.41. The van der Waals surface area contributed by atoms with E-state index in [0.717, 1.165) is 18.8 Å². The highest BCUT2D eigenvalue weighted by Crippen LogP contribution is 2.43. The third-order valence-electron chi connectivity index (χ3n) is 6.45. The number of aromatic amines is 1. The second-order valence-corrected chi connectivity index (χ2v) is 8.18. The van der Waals surface area contributed by atoms with Gasteiger partial charge in [-0.25, -0.2) is 0 Å². The average Bonchev–Trinajstić information content (AvgIpc) is 3.31. The van der Waals surface area contributed by atoms with Crippen molar-refractivity contribution in [2.45, 2.75) is 38.3 Å². The van der Waals surface area contributed by atoms with Gasteiger partial charge in [-0.05, 0) is 48.7 Å². The molecule has 0 radical (unpaired) electrons. The maximum atomic E-state index is 5.39. The molecule has 2 atom stereocenters. The predicted molar refractivity (Wildman–Crippen MR) is 114 cm³/mol. The zero-order valence-electron chi connectivity index (χ0n) is 16.8. The van der Waals surface area contributed by atoms with Crippen LogP contribution < -0.4 is 4.74 Å². The molecule has 0 aliphatic carbocycles. The molecular weight excluding hydrogens is 346 g/mol. The molecule has 2 aliphatic rings. The van der Waals surface area contributed by atoms with Crippen LogP contribution in [0.4, 0.5) is 0 Å². The van der Waals surface area contributed by atoms with Gasteiger partial charge in [-0.1, -0.05) is 43.7 Å². The Hall–Kier alpha value is -2.30. The highest BCUT2D eigenvalue weighted by Gasteiger charge is 2.42. The molecule has 4 nitrogen and oxygen atoms in total. The number of hydrogen-bond donors (Lipinski definition) is 1. The lowest BCUT2D eigenvalue weighted by atomic mass is 9.89. The van der Waals surface area contributed by atoms with E-state index in [-0.39, 0.29) is 6.04 Å². The Morgan fingerprint density at radius 3 is 2.71 bits per heavy atom. The van der Waals surface area contributed by atoms with Crippen LogP contribution in [0.1, 0.15) is 42.6 Å². The van der Waals surface area contributed by atoms with Crippen molar-refractivity contribution in [1.82, 2.24) is 14.8 Å². The molecule has 4 heteroatoms. The zero-order chi connectivity index (χ0) is 19.1. The Morgan fingerprint density at radius 1 is 1.11 bits per heavy atom. The fraction of sp³-hybridized carbons (Fsp3) is 0.417. The molecular formula is C24H29N3O. The largest absolute Gasteiger partial charge is 0.497 e. The second kappa shape index (κ2) is 7.26. The summed E-state index contributed by atoms with van der Waals surface area (Å²) >= 11 is 0. The van der Waals surface area contributed by atoms with Crippen LogP contribution in [-0.4, -0.2) is 47.7 Å². The molecule has 146 valence electrons. The van der Waals surface area contributed by atoms with E-state index in [9.17, 15) is 0 Å². The van der Waals surface area contributed by atoms with Crippen LogP contribution >= 0.6 is 0 Å². The summed E-state index contributed by atoms with van der Waals surface area (Å²) in [5, 5.41) is 1.39. The minimum absolute atomic E-state index is 0.277. The van der Waals surface area contributed by atoms with Crippen molar-refractivity contribution in [2.24, 2.45) is 0 Å². The number of methoxy groups -OCH3 is 1. The van der Waals surface area contributed by atoms with E-state index in [1.807, 2.05) is 0 Å². The Balaban J connectivity index is 1.58. The van der Waals surface area contributed by atoms with Crippen LogP contribution in [0, 0.1) is 0 Å². The van der Waals surface area contributed by atoms with E-state index in [2.05, 4.69) is 70.2 Å². The molecule has 1 aromatic heterocycles. The average molecular weight is 376 g/mol. The number of rotatable bonds is 5. The molecule has 2 aromatic carbocycles. The quantitative estimate of drug-likeness (QED) is 0.709. The molecule has 0 saturated carbocycles. The number of benzene rings is 2. The summed E-state index contributed by atoms with van der Waals surface area (Å²) in [6.45, 7) is 5.70. The van der Waals surface area contributed by atoms with Gasteiger partial charge in [0.25, 0.3) is 0 Å². The van der Waals surface area contributed by atoms with Crippen molar-refractivity contribution in [3.63, 3.8) is 0 Å². The fourth-order valence-electron chi connectivity index (χ4n) is 5.05. The first-order valence-corrected chi connectivity index (χ1v) is 10.5. The van der Waals surface area contributed by atoms with Crippen LogP contribution in [0.15, 0.2) is 48.5 Å². The summed E-state index contributed by atoms with van der Waals surface area (Å²) in [6.07, 6.45) is 3.67. The van der Waals surface area contributed by atoms with Crippen molar-refractivity contribution in [3.05, 3.63) is 65.4 Å². The second-order valence-electron chi connectivity index (χ2n) is 8.18. The lowest BCUT2D eigenvalue weighted by molar-refractivity contribution is 0.167. The molecule has 3 heterocycles. The van der Waals surface area contributed by atoms with Crippen LogP contribution in [0.25, 0.3) is 10.9 Å². The topological polar surface area (TPSA) is 31.5 Å².